The van der Waals surface area contributed by atoms with Gasteiger partial charge in [0.25, 0.3) is 0 Å². The lowest BCUT2D eigenvalue weighted by molar-refractivity contribution is 0.0766. The maximum absolute atomic E-state index is 3.62. The fourth-order valence-electron chi connectivity index (χ4n) is 4.26. The molecule has 3 atom stereocenters. The van der Waals surface area contributed by atoms with Gasteiger partial charge in [-0.3, -0.25) is 4.90 Å². The summed E-state index contributed by atoms with van der Waals surface area (Å²) >= 11 is 0. The van der Waals surface area contributed by atoms with Crippen molar-refractivity contribution < 1.29 is 0 Å². The van der Waals surface area contributed by atoms with Crippen molar-refractivity contribution in [1.82, 2.24) is 10.2 Å². The molecule has 3 unspecified atom stereocenters. The third-order valence-corrected chi connectivity index (χ3v) is 5.16. The summed E-state index contributed by atoms with van der Waals surface area (Å²) < 4.78 is 0. The molecule has 1 saturated heterocycles. The monoisotopic (exact) mass is 266 g/mol. The minimum absolute atomic E-state index is 0.796. The van der Waals surface area contributed by atoms with Gasteiger partial charge in [-0.25, -0.2) is 0 Å². The molecule has 19 heavy (non-hydrogen) atoms. The molecule has 1 saturated carbocycles. The summed E-state index contributed by atoms with van der Waals surface area (Å²) in [6, 6.07) is 0.850. The second-order valence-corrected chi connectivity index (χ2v) is 7.20. The summed E-state index contributed by atoms with van der Waals surface area (Å²) in [5, 5.41) is 3.62. The smallest absolute Gasteiger partial charge is 0.0121 e. The maximum Gasteiger partial charge on any atom is 0.0121 e. The molecule has 1 aliphatic carbocycles. The molecule has 0 aromatic rings. The molecule has 0 amide bonds. The summed E-state index contributed by atoms with van der Waals surface area (Å²) in [5.74, 6) is 2.57. The molecule has 0 aromatic carbocycles. The van der Waals surface area contributed by atoms with Gasteiger partial charge in [-0.15, -0.1) is 0 Å². The Balaban J connectivity index is 2.00. The van der Waals surface area contributed by atoms with Gasteiger partial charge in [0, 0.05) is 19.1 Å². The van der Waals surface area contributed by atoms with Crippen LogP contribution < -0.4 is 5.32 Å². The average Bonchev–Trinajstić information content (AvgIpc) is 2.39. The average molecular weight is 266 g/mol. The van der Waals surface area contributed by atoms with Crippen LogP contribution in [0.4, 0.5) is 0 Å². The number of nitrogens with zero attached hydrogens (tertiary/aromatic N) is 1. The van der Waals surface area contributed by atoms with Crippen molar-refractivity contribution in [2.24, 2.45) is 17.8 Å². The van der Waals surface area contributed by atoms with E-state index in [2.05, 4.69) is 31.0 Å². The molecule has 2 aliphatic rings. The first kappa shape index (κ1) is 15.3. The molecule has 0 bridgehead atoms. The highest BCUT2D eigenvalue weighted by molar-refractivity contribution is 4.84. The number of hydrogen-bond acceptors (Lipinski definition) is 2. The van der Waals surface area contributed by atoms with E-state index in [0.717, 1.165) is 23.8 Å². The zero-order chi connectivity index (χ0) is 13.7. The van der Waals surface area contributed by atoms with Crippen molar-refractivity contribution in [2.75, 3.05) is 26.2 Å². The van der Waals surface area contributed by atoms with E-state index in [0.29, 0.717) is 0 Å². The van der Waals surface area contributed by atoms with Crippen LogP contribution in [-0.2, 0) is 0 Å². The number of hydrogen-bond donors (Lipinski definition) is 1. The Morgan fingerprint density at radius 2 is 1.58 bits per heavy atom. The van der Waals surface area contributed by atoms with Crippen molar-refractivity contribution in [3.63, 3.8) is 0 Å². The summed E-state index contributed by atoms with van der Waals surface area (Å²) in [4.78, 5) is 2.85. The normalized spacial score (nSPS) is 33.6. The second kappa shape index (κ2) is 7.64. The predicted octanol–water partition coefficient (Wildman–Crippen LogP) is 3.52. The summed E-state index contributed by atoms with van der Waals surface area (Å²) in [7, 11) is 0. The van der Waals surface area contributed by atoms with Gasteiger partial charge in [0.05, 0.1) is 0 Å². The van der Waals surface area contributed by atoms with Gasteiger partial charge < -0.3 is 5.32 Å². The predicted molar refractivity (Wildman–Crippen MR) is 83.4 cm³/mol. The van der Waals surface area contributed by atoms with Crippen LogP contribution in [0.3, 0.4) is 0 Å². The highest BCUT2D eigenvalue weighted by Gasteiger charge is 2.29. The number of nitrogens with one attached hydrogen (secondary N) is 1. The highest BCUT2D eigenvalue weighted by atomic mass is 15.2. The van der Waals surface area contributed by atoms with Crippen LogP contribution in [0, 0.1) is 17.8 Å². The molecule has 2 rings (SSSR count). The third-order valence-electron chi connectivity index (χ3n) is 5.16. The van der Waals surface area contributed by atoms with Crippen LogP contribution >= 0.6 is 0 Å². The lowest BCUT2D eigenvalue weighted by Gasteiger charge is -2.42. The minimum atomic E-state index is 0.796. The Hall–Kier alpha value is -0.0800. The quantitative estimate of drug-likeness (QED) is 0.841. The lowest BCUT2D eigenvalue weighted by Crippen LogP contribution is -2.49. The largest absolute Gasteiger partial charge is 0.316 e. The van der Waals surface area contributed by atoms with E-state index in [1.54, 1.807) is 0 Å². The Labute approximate surface area is 120 Å². The first-order valence-electron chi connectivity index (χ1n) is 8.65. The molecule has 2 nitrogen and oxygen atoms in total. The van der Waals surface area contributed by atoms with Crippen molar-refractivity contribution in [3.8, 4) is 0 Å². The Bertz CT molecular complexity index is 236. The fraction of sp³-hybridized carbons (Fsp3) is 1.00. The Morgan fingerprint density at radius 1 is 1.00 bits per heavy atom. The van der Waals surface area contributed by atoms with Gasteiger partial charge in [-0.1, -0.05) is 40.0 Å². The topological polar surface area (TPSA) is 15.3 Å². The van der Waals surface area contributed by atoms with Crippen molar-refractivity contribution >= 4 is 0 Å². The summed E-state index contributed by atoms with van der Waals surface area (Å²) in [6.07, 6.45) is 8.73. The van der Waals surface area contributed by atoms with E-state index >= 15 is 0 Å². The molecule has 2 heteroatoms. The van der Waals surface area contributed by atoms with Crippen molar-refractivity contribution in [1.29, 1.82) is 0 Å². The van der Waals surface area contributed by atoms with E-state index in [-0.39, 0.29) is 0 Å². The van der Waals surface area contributed by atoms with Crippen LogP contribution in [0.5, 0.6) is 0 Å². The first-order valence-corrected chi connectivity index (χ1v) is 8.65. The molecule has 0 radical (unpaired) electrons. The fourth-order valence-corrected chi connectivity index (χ4v) is 4.26. The molecule has 2 fully saturated rings. The van der Waals surface area contributed by atoms with Gasteiger partial charge in [-0.2, -0.15) is 0 Å². The van der Waals surface area contributed by atoms with E-state index in [9.17, 15) is 0 Å². The Morgan fingerprint density at radius 3 is 2.11 bits per heavy atom. The number of rotatable bonds is 3. The second-order valence-electron chi connectivity index (χ2n) is 7.20. The molecule has 112 valence electrons. The van der Waals surface area contributed by atoms with Crippen LogP contribution in [0.25, 0.3) is 0 Å². The molecule has 0 aromatic heterocycles. The minimum Gasteiger partial charge on any atom is -0.316 e. The molecular formula is C17H34N2. The third kappa shape index (κ3) is 4.46. The lowest BCUT2D eigenvalue weighted by atomic mass is 9.81. The van der Waals surface area contributed by atoms with Gasteiger partial charge in [-0.05, 0) is 50.1 Å². The molecular weight excluding hydrogens is 232 g/mol. The first-order chi connectivity index (χ1) is 9.20. The van der Waals surface area contributed by atoms with E-state index in [4.69, 9.17) is 0 Å². The molecule has 1 N–H and O–H groups in total. The highest BCUT2D eigenvalue weighted by Crippen LogP contribution is 2.31. The van der Waals surface area contributed by atoms with Crippen LogP contribution in [0.15, 0.2) is 0 Å². The van der Waals surface area contributed by atoms with Crippen molar-refractivity contribution in [3.05, 3.63) is 0 Å². The molecule has 1 aliphatic heterocycles. The molecule has 0 spiro atoms. The standard InChI is InChI=1S/C17H34N2/c1-4-17(16-8-6-5-7-9-16)19-12-14(2)10-18-11-15(3)13-19/h14-18H,4-13H2,1-3H3. The van der Waals surface area contributed by atoms with Crippen LogP contribution in [0.2, 0.25) is 0 Å². The zero-order valence-electron chi connectivity index (χ0n) is 13.3. The van der Waals surface area contributed by atoms with Gasteiger partial charge in [0.1, 0.15) is 0 Å². The van der Waals surface area contributed by atoms with E-state index in [1.165, 1.54) is 64.7 Å². The molecule has 1 heterocycles. The van der Waals surface area contributed by atoms with Gasteiger partial charge in [0.15, 0.2) is 0 Å². The zero-order valence-corrected chi connectivity index (χ0v) is 13.3. The van der Waals surface area contributed by atoms with Crippen LogP contribution in [-0.4, -0.2) is 37.1 Å². The summed E-state index contributed by atoms with van der Waals surface area (Å²) in [5.41, 5.74) is 0. The SMILES string of the molecule is CCC(C1CCCCC1)N1CC(C)CNCC(C)C1. The van der Waals surface area contributed by atoms with Crippen LogP contribution in [0.1, 0.15) is 59.3 Å². The summed E-state index contributed by atoms with van der Waals surface area (Å²) in [6.45, 7) is 12.2. The van der Waals surface area contributed by atoms with Gasteiger partial charge in [0.2, 0.25) is 0 Å². The maximum atomic E-state index is 3.62. The van der Waals surface area contributed by atoms with Gasteiger partial charge >= 0.3 is 0 Å². The van der Waals surface area contributed by atoms with E-state index in [1.807, 2.05) is 0 Å². The van der Waals surface area contributed by atoms with Crippen molar-refractivity contribution in [2.45, 2.75) is 65.3 Å². The Kier molecular flexibility index (Phi) is 6.15. The van der Waals surface area contributed by atoms with E-state index < -0.39 is 0 Å².